The molecule has 0 unspecified atom stereocenters. The molecule has 3 nitrogen and oxygen atoms in total. The van der Waals surface area contributed by atoms with E-state index >= 15 is 0 Å². The maximum Gasteiger partial charge on any atom is 0.104 e. The zero-order valence-electron chi connectivity index (χ0n) is 10.0. The molecule has 0 saturated heterocycles. The van der Waals surface area contributed by atoms with E-state index in [0.717, 1.165) is 16.2 Å². The maximum atomic E-state index is 9.02. The molecule has 1 aromatic carbocycles. The van der Waals surface area contributed by atoms with Gasteiger partial charge in [-0.15, -0.1) is 11.8 Å². The van der Waals surface area contributed by atoms with Gasteiger partial charge in [-0.25, -0.2) is 4.98 Å². The van der Waals surface area contributed by atoms with Gasteiger partial charge in [0, 0.05) is 17.5 Å². The van der Waals surface area contributed by atoms with Crippen LogP contribution in [0.1, 0.15) is 16.7 Å². The van der Waals surface area contributed by atoms with Crippen LogP contribution in [0, 0.1) is 11.3 Å². The Morgan fingerprint density at radius 2 is 2.16 bits per heavy atom. The Balaban J connectivity index is 2.13. The van der Waals surface area contributed by atoms with Crippen molar-refractivity contribution >= 4 is 29.0 Å². The monoisotopic (exact) mass is 285 g/mol. The fourth-order valence-electron chi connectivity index (χ4n) is 1.55. The first kappa shape index (κ1) is 13.5. The number of pyridine rings is 1. The van der Waals surface area contributed by atoms with Gasteiger partial charge in [0.1, 0.15) is 4.99 Å². The largest absolute Gasteiger partial charge is 0.389 e. The second-order valence-corrected chi connectivity index (χ2v) is 5.24. The van der Waals surface area contributed by atoms with Gasteiger partial charge < -0.3 is 5.73 Å². The molecule has 19 heavy (non-hydrogen) atoms. The Hall–Kier alpha value is -1.90. The van der Waals surface area contributed by atoms with Gasteiger partial charge in [0.25, 0.3) is 0 Å². The summed E-state index contributed by atoms with van der Waals surface area (Å²) in [7, 11) is 0. The number of benzene rings is 1. The first-order chi connectivity index (χ1) is 9.20. The van der Waals surface area contributed by atoms with Gasteiger partial charge in [-0.05, 0) is 23.8 Å². The third kappa shape index (κ3) is 3.53. The van der Waals surface area contributed by atoms with Crippen LogP contribution in [-0.4, -0.2) is 9.97 Å². The smallest absolute Gasteiger partial charge is 0.104 e. The quantitative estimate of drug-likeness (QED) is 0.691. The lowest BCUT2D eigenvalue weighted by atomic mass is 10.1. The Morgan fingerprint density at radius 1 is 1.37 bits per heavy atom. The number of nitrogens with two attached hydrogens (primary N) is 1. The number of hydrogen-bond acceptors (Lipinski definition) is 4. The van der Waals surface area contributed by atoms with E-state index in [1.807, 2.05) is 30.3 Å². The van der Waals surface area contributed by atoms with Gasteiger partial charge in [0.2, 0.25) is 0 Å². The van der Waals surface area contributed by atoms with Crippen LogP contribution in [-0.2, 0) is 5.75 Å². The zero-order chi connectivity index (χ0) is 13.7. The van der Waals surface area contributed by atoms with Crippen molar-refractivity contribution < 1.29 is 0 Å². The highest BCUT2D eigenvalue weighted by Crippen LogP contribution is 2.23. The highest BCUT2D eigenvalue weighted by Gasteiger charge is 2.04. The fourth-order valence-corrected chi connectivity index (χ4v) is 2.58. The number of nitrogens with zero attached hydrogens (tertiary/aromatic N) is 2. The molecule has 0 radical (unpaired) electrons. The van der Waals surface area contributed by atoms with Crippen molar-refractivity contribution in [1.82, 2.24) is 4.98 Å². The van der Waals surface area contributed by atoms with E-state index in [4.69, 9.17) is 23.2 Å². The van der Waals surface area contributed by atoms with E-state index < -0.39 is 0 Å². The molecule has 1 aromatic heterocycles. The number of rotatable bonds is 4. The predicted octanol–water partition coefficient (Wildman–Crippen LogP) is 2.88. The second-order valence-electron chi connectivity index (χ2n) is 3.80. The van der Waals surface area contributed by atoms with E-state index in [0.29, 0.717) is 16.3 Å². The van der Waals surface area contributed by atoms with Crippen molar-refractivity contribution in [2.75, 3.05) is 0 Å². The van der Waals surface area contributed by atoms with Crippen LogP contribution >= 0.6 is 24.0 Å². The molecule has 0 saturated carbocycles. The van der Waals surface area contributed by atoms with Gasteiger partial charge >= 0.3 is 0 Å². The minimum atomic E-state index is 0.363. The molecule has 0 fully saturated rings. The van der Waals surface area contributed by atoms with Crippen LogP contribution in [0.4, 0.5) is 0 Å². The van der Waals surface area contributed by atoms with E-state index in [2.05, 4.69) is 11.1 Å². The average Bonchev–Trinajstić information content (AvgIpc) is 2.45. The highest BCUT2D eigenvalue weighted by molar-refractivity contribution is 7.98. The summed E-state index contributed by atoms with van der Waals surface area (Å²) in [6.45, 7) is 0. The van der Waals surface area contributed by atoms with E-state index in [1.165, 1.54) is 0 Å². The summed E-state index contributed by atoms with van der Waals surface area (Å²) < 4.78 is 0. The van der Waals surface area contributed by atoms with Crippen LogP contribution in [0.3, 0.4) is 0 Å². The van der Waals surface area contributed by atoms with Crippen molar-refractivity contribution in [2.45, 2.75) is 10.8 Å². The molecule has 5 heteroatoms. The van der Waals surface area contributed by atoms with E-state index in [9.17, 15) is 0 Å². The lowest BCUT2D eigenvalue weighted by Gasteiger charge is -2.04. The molecule has 94 valence electrons. The zero-order valence-corrected chi connectivity index (χ0v) is 11.7. The summed E-state index contributed by atoms with van der Waals surface area (Å²) in [5.41, 5.74) is 8.09. The summed E-state index contributed by atoms with van der Waals surface area (Å²) >= 11 is 6.49. The number of hydrogen-bond donors (Lipinski definition) is 1. The van der Waals surface area contributed by atoms with Crippen LogP contribution < -0.4 is 5.73 Å². The molecule has 2 aromatic rings. The first-order valence-corrected chi connectivity index (χ1v) is 6.97. The van der Waals surface area contributed by atoms with Gasteiger partial charge in [0.05, 0.1) is 16.7 Å². The Morgan fingerprint density at radius 3 is 2.89 bits per heavy atom. The molecule has 2 rings (SSSR count). The van der Waals surface area contributed by atoms with Gasteiger partial charge in [0.15, 0.2) is 0 Å². The molecular formula is C14H11N3S2. The lowest BCUT2D eigenvalue weighted by Crippen LogP contribution is -2.09. The van der Waals surface area contributed by atoms with Crippen molar-refractivity contribution in [3.63, 3.8) is 0 Å². The minimum absolute atomic E-state index is 0.363. The molecule has 1 heterocycles. The molecule has 0 aliphatic heterocycles. The molecule has 0 aliphatic rings. The van der Waals surface area contributed by atoms with Crippen LogP contribution in [0.5, 0.6) is 0 Å². The summed E-state index contributed by atoms with van der Waals surface area (Å²) in [6, 6.07) is 13.4. The summed E-state index contributed by atoms with van der Waals surface area (Å²) in [4.78, 5) is 4.62. The summed E-state index contributed by atoms with van der Waals surface area (Å²) in [5, 5.41) is 9.87. The van der Waals surface area contributed by atoms with Gasteiger partial charge in [-0.1, -0.05) is 30.4 Å². The SMILES string of the molecule is N#Cc1ccccc1CSc1cc(C(N)=S)ccn1. The standard InChI is InChI=1S/C14H11N3S2/c15-8-11-3-1-2-4-12(11)9-19-13-7-10(14(16)18)5-6-17-13/h1-7H,9H2,(H2,16,18). The molecular weight excluding hydrogens is 274 g/mol. The topological polar surface area (TPSA) is 62.7 Å². The lowest BCUT2D eigenvalue weighted by molar-refractivity contribution is 1.13. The summed E-state index contributed by atoms with van der Waals surface area (Å²) in [5.74, 6) is 0.692. The van der Waals surface area contributed by atoms with Gasteiger partial charge in [-0.2, -0.15) is 5.26 Å². The van der Waals surface area contributed by atoms with Crippen LogP contribution in [0.2, 0.25) is 0 Å². The van der Waals surface area contributed by atoms with E-state index in [-0.39, 0.29) is 0 Å². The Bertz CT molecular complexity index is 647. The number of aromatic nitrogens is 1. The third-order valence-electron chi connectivity index (χ3n) is 2.53. The Labute approximate surface area is 121 Å². The van der Waals surface area contributed by atoms with Crippen molar-refractivity contribution in [3.05, 3.63) is 59.3 Å². The second kappa shape index (κ2) is 6.32. The molecule has 0 aliphatic carbocycles. The molecule has 2 N–H and O–H groups in total. The predicted molar refractivity (Wildman–Crippen MR) is 80.8 cm³/mol. The normalized spacial score (nSPS) is 9.84. The fraction of sp³-hybridized carbons (Fsp3) is 0.0714. The number of thiocarbonyl (C=S) groups is 1. The number of thioether (sulfide) groups is 1. The molecule has 0 amide bonds. The van der Waals surface area contributed by atoms with Crippen molar-refractivity contribution in [2.24, 2.45) is 5.73 Å². The number of nitriles is 1. The van der Waals surface area contributed by atoms with Gasteiger partial charge in [-0.3, -0.25) is 0 Å². The molecule has 0 spiro atoms. The van der Waals surface area contributed by atoms with Crippen LogP contribution in [0.25, 0.3) is 0 Å². The minimum Gasteiger partial charge on any atom is -0.389 e. The summed E-state index contributed by atoms with van der Waals surface area (Å²) in [6.07, 6.45) is 1.69. The average molecular weight is 285 g/mol. The van der Waals surface area contributed by atoms with Crippen molar-refractivity contribution in [1.29, 1.82) is 5.26 Å². The molecule has 0 atom stereocenters. The third-order valence-corrected chi connectivity index (χ3v) is 3.74. The maximum absolute atomic E-state index is 9.02. The highest BCUT2D eigenvalue weighted by atomic mass is 32.2. The van der Waals surface area contributed by atoms with Crippen LogP contribution in [0.15, 0.2) is 47.6 Å². The van der Waals surface area contributed by atoms with Crippen molar-refractivity contribution in [3.8, 4) is 6.07 Å². The Kier molecular flexibility index (Phi) is 4.50. The van der Waals surface area contributed by atoms with E-state index in [1.54, 1.807) is 24.0 Å². The first-order valence-electron chi connectivity index (χ1n) is 5.57. The molecule has 0 bridgehead atoms.